The molecule has 0 aliphatic rings. The van der Waals surface area contributed by atoms with Crippen LogP contribution in [-0.4, -0.2) is 34.9 Å². The predicted molar refractivity (Wildman–Crippen MR) is 63.5 cm³/mol. The van der Waals surface area contributed by atoms with Gasteiger partial charge in [0.25, 0.3) is 0 Å². The van der Waals surface area contributed by atoms with Crippen LogP contribution in [0.3, 0.4) is 0 Å². The van der Waals surface area contributed by atoms with E-state index in [0.29, 0.717) is 24.0 Å². The Balaban J connectivity index is 2.66. The molecule has 0 aromatic carbocycles. The second-order valence-electron chi connectivity index (χ2n) is 2.81. The van der Waals surface area contributed by atoms with Crippen molar-refractivity contribution in [2.24, 2.45) is 4.99 Å². The number of nitrogens with one attached hydrogen (secondary N) is 1. The van der Waals surface area contributed by atoms with Crippen molar-refractivity contribution in [1.29, 1.82) is 5.26 Å². The molecule has 0 atom stereocenters. The molecule has 0 bridgehead atoms. The molecule has 16 heavy (non-hydrogen) atoms. The van der Waals surface area contributed by atoms with Gasteiger partial charge in [0.05, 0.1) is 25.5 Å². The van der Waals surface area contributed by atoms with Crippen molar-refractivity contribution in [1.82, 2.24) is 15.1 Å². The summed E-state index contributed by atoms with van der Waals surface area (Å²) >= 11 is 1.37. The molecule has 86 valence electrons. The fourth-order valence-electron chi connectivity index (χ4n) is 1.01. The summed E-state index contributed by atoms with van der Waals surface area (Å²) in [6.45, 7) is 1.29. The lowest BCUT2D eigenvalue weighted by molar-refractivity contribution is 0.183. The van der Waals surface area contributed by atoms with Gasteiger partial charge in [-0.3, -0.25) is 10.00 Å². The molecule has 0 saturated heterocycles. The Morgan fingerprint density at radius 3 is 3.25 bits per heavy atom. The molecule has 6 nitrogen and oxygen atoms in total. The molecule has 0 fully saturated rings. The third-order valence-electron chi connectivity index (χ3n) is 1.73. The van der Waals surface area contributed by atoms with Crippen LogP contribution in [0.4, 0.5) is 5.69 Å². The third-order valence-corrected chi connectivity index (χ3v) is 2.31. The van der Waals surface area contributed by atoms with Gasteiger partial charge in [-0.15, -0.1) is 0 Å². The summed E-state index contributed by atoms with van der Waals surface area (Å²) in [5.74, 6) is 0. The first-order valence-electron chi connectivity index (χ1n) is 4.59. The van der Waals surface area contributed by atoms with Crippen molar-refractivity contribution >= 4 is 22.6 Å². The maximum Gasteiger partial charge on any atom is 0.183 e. The zero-order valence-corrected chi connectivity index (χ0v) is 9.99. The first kappa shape index (κ1) is 12.5. The smallest absolute Gasteiger partial charge is 0.183 e. The molecule has 1 heterocycles. The molecule has 0 saturated carbocycles. The van der Waals surface area contributed by atoms with E-state index in [1.807, 2.05) is 12.4 Å². The number of amidine groups is 1. The summed E-state index contributed by atoms with van der Waals surface area (Å²) in [5, 5.41) is 15.6. The van der Waals surface area contributed by atoms with Gasteiger partial charge in [0.1, 0.15) is 5.69 Å². The normalized spacial score (nSPS) is 11.2. The lowest BCUT2D eigenvalue weighted by Crippen LogP contribution is -2.12. The Morgan fingerprint density at radius 2 is 2.62 bits per heavy atom. The minimum atomic E-state index is 0.550. The van der Waals surface area contributed by atoms with E-state index < -0.39 is 0 Å². The van der Waals surface area contributed by atoms with E-state index in [4.69, 9.17) is 10.00 Å². The minimum Gasteiger partial charge on any atom is -0.383 e. The quantitative estimate of drug-likeness (QED) is 0.366. The zero-order valence-electron chi connectivity index (χ0n) is 9.17. The van der Waals surface area contributed by atoms with Crippen LogP contribution in [0.2, 0.25) is 0 Å². The van der Waals surface area contributed by atoms with Crippen LogP contribution in [0.1, 0.15) is 0 Å². The highest BCUT2D eigenvalue weighted by Gasteiger charge is 1.99. The molecule has 0 aliphatic heterocycles. The molecule has 0 aliphatic carbocycles. The first-order chi connectivity index (χ1) is 7.80. The molecule has 1 rings (SSSR count). The fraction of sp³-hybridized carbons (Fsp3) is 0.444. The highest BCUT2D eigenvalue weighted by Crippen LogP contribution is 2.12. The van der Waals surface area contributed by atoms with Crippen molar-refractivity contribution in [3.05, 3.63) is 12.4 Å². The van der Waals surface area contributed by atoms with E-state index in [2.05, 4.69) is 15.4 Å². The minimum absolute atomic E-state index is 0.550. The summed E-state index contributed by atoms with van der Waals surface area (Å²) in [6, 6.07) is 0. The van der Waals surface area contributed by atoms with Gasteiger partial charge in [-0.25, -0.2) is 4.99 Å². The standard InChI is InChI=1S/C9H13N5OS/c1-15-4-3-14-6-8(5-12-14)13-9(16-2)11-7-10/h5-6H,3-4H2,1-2H3,(H,11,13). The summed E-state index contributed by atoms with van der Waals surface area (Å²) in [5.41, 5.74) is 0.711. The van der Waals surface area contributed by atoms with Crippen LogP contribution in [0.15, 0.2) is 17.4 Å². The Labute approximate surface area is 98.3 Å². The SMILES string of the molecule is COCCn1cc(N=C(NC#N)SC)cn1. The number of thioether (sulfide) groups is 1. The Bertz CT molecular complexity index is 395. The van der Waals surface area contributed by atoms with Crippen molar-refractivity contribution in [2.75, 3.05) is 20.0 Å². The molecular formula is C9H13N5OS. The van der Waals surface area contributed by atoms with Gasteiger partial charge in [-0.05, 0) is 6.26 Å². The Hall–Kier alpha value is -1.52. The monoisotopic (exact) mass is 239 g/mol. The van der Waals surface area contributed by atoms with E-state index in [1.54, 1.807) is 24.2 Å². The molecule has 1 aromatic rings. The number of hydrogen-bond donors (Lipinski definition) is 1. The van der Waals surface area contributed by atoms with Gasteiger partial charge in [0.2, 0.25) is 0 Å². The first-order valence-corrected chi connectivity index (χ1v) is 5.81. The van der Waals surface area contributed by atoms with Gasteiger partial charge < -0.3 is 4.74 Å². The van der Waals surface area contributed by atoms with Crippen LogP contribution in [0, 0.1) is 11.5 Å². The topological polar surface area (TPSA) is 75.2 Å². The molecule has 7 heteroatoms. The van der Waals surface area contributed by atoms with E-state index in [1.165, 1.54) is 11.8 Å². The molecule has 0 unspecified atom stereocenters. The van der Waals surface area contributed by atoms with Crippen LogP contribution in [0.5, 0.6) is 0 Å². The summed E-state index contributed by atoms with van der Waals surface area (Å²) in [6.07, 6.45) is 7.12. The summed E-state index contributed by atoms with van der Waals surface area (Å²) < 4.78 is 6.68. The molecule has 0 amide bonds. The maximum atomic E-state index is 8.47. The number of nitriles is 1. The molecule has 0 spiro atoms. The number of methoxy groups -OCH3 is 1. The Kier molecular flexibility index (Phi) is 5.39. The molecule has 1 aromatic heterocycles. The van der Waals surface area contributed by atoms with Crippen LogP contribution in [0.25, 0.3) is 0 Å². The van der Waals surface area contributed by atoms with Crippen LogP contribution < -0.4 is 5.32 Å². The van der Waals surface area contributed by atoms with Crippen LogP contribution in [-0.2, 0) is 11.3 Å². The molecule has 0 radical (unpaired) electrons. The molecule has 1 N–H and O–H groups in total. The van der Waals surface area contributed by atoms with Crippen molar-refractivity contribution in [2.45, 2.75) is 6.54 Å². The second-order valence-corrected chi connectivity index (χ2v) is 3.61. The van der Waals surface area contributed by atoms with Crippen molar-refractivity contribution < 1.29 is 4.74 Å². The van der Waals surface area contributed by atoms with Gasteiger partial charge >= 0.3 is 0 Å². The maximum absolute atomic E-state index is 8.47. The average Bonchev–Trinajstić information content (AvgIpc) is 2.73. The average molecular weight is 239 g/mol. The second kappa shape index (κ2) is 6.87. The number of rotatable bonds is 4. The highest BCUT2D eigenvalue weighted by atomic mass is 32.2. The number of aromatic nitrogens is 2. The molecular weight excluding hydrogens is 226 g/mol. The summed E-state index contributed by atoms with van der Waals surface area (Å²) in [7, 11) is 1.64. The summed E-state index contributed by atoms with van der Waals surface area (Å²) in [4.78, 5) is 4.22. The van der Waals surface area contributed by atoms with E-state index in [-0.39, 0.29) is 0 Å². The predicted octanol–water partition coefficient (Wildman–Crippen LogP) is 0.951. The van der Waals surface area contributed by atoms with E-state index in [9.17, 15) is 0 Å². The number of ether oxygens (including phenoxy) is 1. The lowest BCUT2D eigenvalue weighted by Gasteiger charge is -1.98. The van der Waals surface area contributed by atoms with E-state index >= 15 is 0 Å². The Morgan fingerprint density at radius 1 is 1.81 bits per heavy atom. The van der Waals surface area contributed by atoms with Crippen molar-refractivity contribution in [3.63, 3.8) is 0 Å². The van der Waals surface area contributed by atoms with Crippen LogP contribution >= 0.6 is 11.8 Å². The number of nitrogens with zero attached hydrogens (tertiary/aromatic N) is 4. The number of hydrogen-bond acceptors (Lipinski definition) is 5. The zero-order chi connectivity index (χ0) is 11.8. The van der Waals surface area contributed by atoms with Gasteiger partial charge in [0, 0.05) is 7.11 Å². The number of aliphatic imine (C=N–C) groups is 1. The fourth-order valence-corrected chi connectivity index (χ4v) is 1.35. The highest BCUT2D eigenvalue weighted by molar-refractivity contribution is 8.13. The van der Waals surface area contributed by atoms with Gasteiger partial charge in [-0.2, -0.15) is 10.4 Å². The van der Waals surface area contributed by atoms with Crippen molar-refractivity contribution in [3.8, 4) is 6.19 Å². The third kappa shape index (κ3) is 3.92. The largest absolute Gasteiger partial charge is 0.383 e. The van der Waals surface area contributed by atoms with E-state index in [0.717, 1.165) is 0 Å². The van der Waals surface area contributed by atoms with Gasteiger partial charge in [-0.1, -0.05) is 11.8 Å². The van der Waals surface area contributed by atoms with Gasteiger partial charge in [0.15, 0.2) is 11.4 Å². The lowest BCUT2D eigenvalue weighted by atomic mass is 10.6.